The Morgan fingerprint density at radius 2 is 0.864 bits per heavy atom. The standard InChI is InChI=1S/C50H57Cl3O13/c1-32(54)41-22-19-39(29-59-26-36-15-9-5-10-16-36)45(64-41)48(56)62-34(3)43-24-21-40(30-60-27-37-17-11-6-12-18-37)46(66-43)49(57)63-33(2)42-23-20-38(28-58-25-35-13-7-4-8-14-35)44(65-42)47(55)61-31-50(51,52)53/h4-24,32-34,38-46,54H,25-31H2,1-3H3/t32-,33-,34-,38-,39-,40-,41+,42+,43+,44-,45-,46-/m0/s1. The zero-order valence-electron chi connectivity index (χ0n) is 37.0. The molecule has 3 aromatic carbocycles. The van der Waals surface area contributed by atoms with Gasteiger partial charge in [0.15, 0.2) is 18.3 Å². The van der Waals surface area contributed by atoms with Crippen molar-refractivity contribution in [3.8, 4) is 0 Å². The number of aliphatic hydroxyl groups excluding tert-OH is 1. The molecule has 0 aliphatic carbocycles. The van der Waals surface area contributed by atoms with Gasteiger partial charge in [-0.05, 0) is 37.5 Å². The normalized spacial score (nSPS) is 26.5. The summed E-state index contributed by atoms with van der Waals surface area (Å²) in [5, 5.41) is 10.3. The number of aliphatic hydroxyl groups is 1. The maximum absolute atomic E-state index is 14.2. The molecule has 3 aromatic rings. The highest BCUT2D eigenvalue weighted by atomic mass is 35.6. The summed E-state index contributed by atoms with van der Waals surface area (Å²) in [4.78, 5) is 41.4. The highest BCUT2D eigenvalue weighted by molar-refractivity contribution is 6.67. The summed E-state index contributed by atoms with van der Waals surface area (Å²) in [5.74, 6) is -3.89. The fourth-order valence-electron chi connectivity index (χ4n) is 7.47. The Morgan fingerprint density at radius 3 is 1.21 bits per heavy atom. The number of benzene rings is 3. The van der Waals surface area contributed by atoms with Crippen LogP contribution in [0, 0.1) is 17.8 Å². The highest BCUT2D eigenvalue weighted by Crippen LogP contribution is 2.31. The van der Waals surface area contributed by atoms with Gasteiger partial charge in [0.2, 0.25) is 3.79 Å². The molecule has 0 saturated carbocycles. The minimum atomic E-state index is -1.85. The van der Waals surface area contributed by atoms with Crippen LogP contribution in [0.15, 0.2) is 127 Å². The van der Waals surface area contributed by atoms with Crippen molar-refractivity contribution in [1.29, 1.82) is 0 Å². The molecule has 0 amide bonds. The SMILES string of the molecule is C[C@H](O)[C@H]1C=C[C@@H](COCc2ccccc2)[C@@H](C(=O)O[C@@H](C)[C@H]2C=C[C@@H](COCc3ccccc3)[C@@H](C(=O)O[C@@H](C)[C@H]3C=C[C@@H](COCc4ccccc4)[C@@H](C(=O)OCC(Cl)(Cl)Cl)O3)O2)O1. The van der Waals surface area contributed by atoms with Crippen LogP contribution in [-0.4, -0.2) is 108 Å². The molecule has 0 spiro atoms. The molecule has 3 aliphatic rings. The van der Waals surface area contributed by atoms with Gasteiger partial charge in [-0.15, -0.1) is 0 Å². The number of alkyl halides is 3. The Kier molecular flexibility index (Phi) is 19.7. The van der Waals surface area contributed by atoms with E-state index in [4.69, 9.17) is 77.4 Å². The molecule has 1 N–H and O–H groups in total. The molecule has 12 atom stereocenters. The molecule has 0 unspecified atom stereocenters. The molecular formula is C50H57Cl3O13. The molecule has 13 nitrogen and oxygen atoms in total. The predicted molar refractivity (Wildman–Crippen MR) is 246 cm³/mol. The molecule has 66 heavy (non-hydrogen) atoms. The molecule has 6 rings (SSSR count). The van der Waals surface area contributed by atoms with Crippen molar-refractivity contribution in [1.82, 2.24) is 0 Å². The molecule has 0 bridgehead atoms. The number of esters is 3. The first kappa shape index (κ1) is 51.3. The quantitative estimate of drug-likeness (QED) is 0.0483. The molecule has 0 saturated heterocycles. The van der Waals surface area contributed by atoms with Crippen LogP contribution in [0.3, 0.4) is 0 Å². The van der Waals surface area contributed by atoms with Gasteiger partial charge in [-0.2, -0.15) is 0 Å². The van der Waals surface area contributed by atoms with Gasteiger partial charge in [0.1, 0.15) is 37.1 Å². The lowest BCUT2D eigenvalue weighted by atomic mass is 9.96. The monoisotopic (exact) mass is 970 g/mol. The van der Waals surface area contributed by atoms with Crippen LogP contribution in [0.4, 0.5) is 0 Å². The van der Waals surface area contributed by atoms with Crippen molar-refractivity contribution in [3.05, 3.63) is 144 Å². The second-order valence-corrected chi connectivity index (χ2v) is 19.0. The van der Waals surface area contributed by atoms with E-state index in [2.05, 4.69) is 0 Å². The summed E-state index contributed by atoms with van der Waals surface area (Å²) >= 11 is 17.6. The van der Waals surface area contributed by atoms with Crippen LogP contribution >= 0.6 is 34.8 Å². The van der Waals surface area contributed by atoms with E-state index in [1.165, 1.54) is 0 Å². The summed E-state index contributed by atoms with van der Waals surface area (Å²) in [7, 11) is 0. The van der Waals surface area contributed by atoms with Gasteiger partial charge in [0.25, 0.3) is 0 Å². The van der Waals surface area contributed by atoms with E-state index < -0.39 is 101 Å². The van der Waals surface area contributed by atoms with Crippen LogP contribution < -0.4 is 0 Å². The summed E-state index contributed by atoms with van der Waals surface area (Å²) < 4.78 is 52.1. The van der Waals surface area contributed by atoms with E-state index in [0.717, 1.165) is 16.7 Å². The summed E-state index contributed by atoms with van der Waals surface area (Å²) in [5.41, 5.74) is 2.86. The second kappa shape index (κ2) is 25.3. The third-order valence-corrected chi connectivity index (χ3v) is 11.4. The van der Waals surface area contributed by atoms with E-state index in [1.54, 1.807) is 57.2 Å². The Hall–Kier alpha value is -4.12. The Morgan fingerprint density at radius 1 is 0.530 bits per heavy atom. The Balaban J connectivity index is 1.12. The minimum Gasteiger partial charge on any atom is -0.459 e. The van der Waals surface area contributed by atoms with Crippen LogP contribution in [0.5, 0.6) is 0 Å². The first-order valence-electron chi connectivity index (χ1n) is 21.9. The van der Waals surface area contributed by atoms with E-state index in [9.17, 15) is 19.5 Å². The zero-order chi connectivity index (χ0) is 47.1. The lowest BCUT2D eigenvalue weighted by Crippen LogP contribution is -2.49. The fourth-order valence-corrected chi connectivity index (χ4v) is 7.63. The number of rotatable bonds is 21. The minimum absolute atomic E-state index is 0.0929. The van der Waals surface area contributed by atoms with E-state index in [-0.39, 0.29) is 26.4 Å². The van der Waals surface area contributed by atoms with Crippen LogP contribution in [0.1, 0.15) is 37.5 Å². The van der Waals surface area contributed by atoms with E-state index in [1.807, 2.05) is 91.0 Å². The topological polar surface area (TPSA) is 155 Å². The van der Waals surface area contributed by atoms with Crippen molar-refractivity contribution in [2.45, 2.75) is 99.3 Å². The molecule has 3 aliphatic heterocycles. The summed E-state index contributed by atoms with van der Waals surface area (Å²) in [6, 6.07) is 28.8. The Labute approximate surface area is 400 Å². The number of hydrogen-bond donors (Lipinski definition) is 1. The average molecular weight is 972 g/mol. The molecule has 0 aromatic heterocycles. The van der Waals surface area contributed by atoms with Gasteiger partial charge in [-0.25, -0.2) is 14.4 Å². The van der Waals surface area contributed by atoms with Crippen molar-refractivity contribution in [2.24, 2.45) is 17.8 Å². The van der Waals surface area contributed by atoms with Crippen molar-refractivity contribution < 1.29 is 62.1 Å². The lowest BCUT2D eigenvalue weighted by molar-refractivity contribution is -0.192. The molecule has 0 fully saturated rings. The van der Waals surface area contributed by atoms with Crippen molar-refractivity contribution >= 4 is 52.7 Å². The molecular weight excluding hydrogens is 915 g/mol. The zero-order valence-corrected chi connectivity index (χ0v) is 39.3. The number of ether oxygens (including phenoxy) is 9. The highest BCUT2D eigenvalue weighted by Gasteiger charge is 2.43. The first-order chi connectivity index (χ1) is 31.7. The smallest absolute Gasteiger partial charge is 0.336 e. The molecule has 16 heteroatoms. The fraction of sp³-hybridized carbons (Fsp3) is 0.460. The van der Waals surface area contributed by atoms with E-state index >= 15 is 0 Å². The third kappa shape index (κ3) is 15.7. The van der Waals surface area contributed by atoms with Gasteiger partial charge in [-0.3, -0.25) is 0 Å². The number of carbonyl (C=O) groups excluding carboxylic acids is 3. The van der Waals surface area contributed by atoms with Crippen LogP contribution in [-0.2, 0) is 76.8 Å². The predicted octanol–water partition coefficient (Wildman–Crippen LogP) is 7.61. The lowest BCUT2D eigenvalue weighted by Gasteiger charge is -2.37. The first-order valence-corrected chi connectivity index (χ1v) is 23.1. The second-order valence-electron chi connectivity index (χ2n) is 16.5. The average Bonchev–Trinajstić information content (AvgIpc) is 3.31. The van der Waals surface area contributed by atoms with Crippen molar-refractivity contribution in [2.75, 3.05) is 26.4 Å². The number of halogens is 3. The summed E-state index contributed by atoms with van der Waals surface area (Å²) in [6.07, 6.45) is 1.75. The van der Waals surface area contributed by atoms with Gasteiger partial charge in [0, 0.05) is 17.8 Å². The van der Waals surface area contributed by atoms with Crippen LogP contribution in [0.25, 0.3) is 0 Å². The number of hydrogen-bond acceptors (Lipinski definition) is 13. The van der Waals surface area contributed by atoms with Gasteiger partial charge >= 0.3 is 17.9 Å². The third-order valence-electron chi connectivity index (χ3n) is 11.1. The van der Waals surface area contributed by atoms with Gasteiger partial charge in [0.05, 0.1) is 45.7 Å². The maximum Gasteiger partial charge on any atom is 0.336 e. The van der Waals surface area contributed by atoms with Crippen LogP contribution in [0.2, 0.25) is 0 Å². The largest absolute Gasteiger partial charge is 0.459 e. The molecule has 0 radical (unpaired) electrons. The molecule has 356 valence electrons. The Bertz CT molecular complexity index is 2060. The van der Waals surface area contributed by atoms with Gasteiger partial charge in [-0.1, -0.05) is 162 Å². The molecule has 3 heterocycles. The van der Waals surface area contributed by atoms with Crippen molar-refractivity contribution in [3.63, 3.8) is 0 Å². The van der Waals surface area contributed by atoms with Gasteiger partial charge < -0.3 is 47.7 Å². The summed E-state index contributed by atoms with van der Waals surface area (Å²) in [6.45, 7) is 5.60. The number of carbonyl (C=O) groups is 3. The maximum atomic E-state index is 14.2. The van der Waals surface area contributed by atoms with E-state index in [0.29, 0.717) is 13.2 Å².